The van der Waals surface area contributed by atoms with Crippen molar-refractivity contribution in [3.05, 3.63) is 29.3 Å². The van der Waals surface area contributed by atoms with Crippen molar-refractivity contribution < 1.29 is 4.79 Å². The largest absolute Gasteiger partial charge is 0.399 e. The Morgan fingerprint density at radius 1 is 1.35 bits per heavy atom. The van der Waals surface area contributed by atoms with Gasteiger partial charge in [-0.3, -0.25) is 4.79 Å². The Hall–Kier alpha value is -1.51. The van der Waals surface area contributed by atoms with Gasteiger partial charge in [0.15, 0.2) is 0 Å². The molecule has 0 spiro atoms. The number of nitrogens with one attached hydrogen (secondary N) is 1. The molecule has 20 heavy (non-hydrogen) atoms. The van der Waals surface area contributed by atoms with Gasteiger partial charge in [0.05, 0.1) is 0 Å². The summed E-state index contributed by atoms with van der Waals surface area (Å²) in [5, 5.41) is 3.20. The highest BCUT2D eigenvalue weighted by Gasteiger charge is 2.42. The van der Waals surface area contributed by atoms with E-state index in [-0.39, 0.29) is 11.9 Å². The zero-order valence-electron chi connectivity index (χ0n) is 12.4. The van der Waals surface area contributed by atoms with E-state index in [4.69, 9.17) is 5.73 Å². The fourth-order valence-corrected chi connectivity index (χ4v) is 4.18. The van der Waals surface area contributed by atoms with Crippen LogP contribution in [0.2, 0.25) is 0 Å². The molecule has 2 aliphatic rings. The van der Waals surface area contributed by atoms with Crippen molar-refractivity contribution in [1.82, 2.24) is 5.32 Å². The summed E-state index contributed by atoms with van der Waals surface area (Å²) in [5.41, 5.74) is 8.13. The summed E-state index contributed by atoms with van der Waals surface area (Å²) < 4.78 is 0. The highest BCUT2D eigenvalue weighted by molar-refractivity contribution is 5.96. The minimum atomic E-state index is 0.0186. The number of carbonyl (C=O) groups is 1. The van der Waals surface area contributed by atoms with E-state index < -0.39 is 0 Å². The van der Waals surface area contributed by atoms with Crippen molar-refractivity contribution in [3.8, 4) is 0 Å². The summed E-state index contributed by atoms with van der Waals surface area (Å²) in [6.07, 6.45) is 5.42. The molecule has 2 saturated carbocycles. The van der Waals surface area contributed by atoms with Crippen LogP contribution in [0.4, 0.5) is 5.69 Å². The number of amides is 1. The van der Waals surface area contributed by atoms with Crippen molar-refractivity contribution in [1.29, 1.82) is 0 Å². The van der Waals surface area contributed by atoms with Crippen molar-refractivity contribution in [3.63, 3.8) is 0 Å². The average Bonchev–Trinajstić information content (AvgIpc) is 3.03. The predicted octanol–water partition coefficient (Wildman–Crippen LogP) is 3.13. The lowest BCUT2D eigenvalue weighted by molar-refractivity contribution is 0.0914. The van der Waals surface area contributed by atoms with E-state index in [2.05, 4.69) is 12.2 Å². The lowest BCUT2D eigenvalue weighted by Crippen LogP contribution is -2.40. The van der Waals surface area contributed by atoms with E-state index in [1.165, 1.54) is 25.7 Å². The first-order valence-electron chi connectivity index (χ1n) is 7.71. The Bertz CT molecular complexity index is 526. The van der Waals surface area contributed by atoms with Crippen LogP contribution < -0.4 is 11.1 Å². The highest BCUT2D eigenvalue weighted by atomic mass is 16.1. The second-order valence-electron chi connectivity index (χ2n) is 6.68. The standard InChI is InChI=1S/C17H24N2O/c1-10-3-6-14(18)9-15(10)17(20)19-11(2)16-8-12-4-5-13(16)7-12/h3,6,9,11-13,16H,4-5,7-8,18H2,1-2H3,(H,19,20). The molecular weight excluding hydrogens is 248 g/mol. The van der Waals surface area contributed by atoms with Crippen LogP contribution in [0.1, 0.15) is 48.5 Å². The van der Waals surface area contributed by atoms with Crippen LogP contribution in [0.5, 0.6) is 0 Å². The molecule has 0 saturated heterocycles. The fraction of sp³-hybridized carbons (Fsp3) is 0.588. The van der Waals surface area contributed by atoms with Crippen LogP contribution in [0.3, 0.4) is 0 Å². The lowest BCUT2D eigenvalue weighted by Gasteiger charge is -2.28. The summed E-state index contributed by atoms with van der Waals surface area (Å²) in [6, 6.07) is 5.79. The second-order valence-corrected chi connectivity index (χ2v) is 6.68. The number of hydrogen-bond acceptors (Lipinski definition) is 2. The Kier molecular flexibility index (Phi) is 3.45. The number of fused-ring (bicyclic) bond motifs is 2. The molecule has 0 heterocycles. The van der Waals surface area contributed by atoms with Crippen LogP contribution in [-0.4, -0.2) is 11.9 Å². The molecule has 0 aliphatic heterocycles. The molecule has 1 amide bonds. The maximum absolute atomic E-state index is 12.4. The molecule has 108 valence electrons. The van der Waals surface area contributed by atoms with Crippen LogP contribution >= 0.6 is 0 Å². The van der Waals surface area contributed by atoms with Gasteiger partial charge >= 0.3 is 0 Å². The van der Waals surface area contributed by atoms with Crippen LogP contribution in [0, 0.1) is 24.7 Å². The molecule has 1 aromatic carbocycles. The molecular formula is C17H24N2O. The number of aryl methyl sites for hydroxylation is 1. The SMILES string of the molecule is Cc1ccc(N)cc1C(=O)NC(C)C1CC2CCC1C2. The third kappa shape index (κ3) is 2.41. The molecule has 2 aliphatic carbocycles. The van der Waals surface area contributed by atoms with Gasteiger partial charge in [-0.25, -0.2) is 0 Å². The van der Waals surface area contributed by atoms with Crippen molar-refractivity contribution in [2.24, 2.45) is 17.8 Å². The number of hydrogen-bond donors (Lipinski definition) is 2. The van der Waals surface area contributed by atoms with E-state index in [0.29, 0.717) is 17.2 Å². The number of anilines is 1. The lowest BCUT2D eigenvalue weighted by atomic mass is 9.84. The first-order chi connectivity index (χ1) is 9.54. The van der Waals surface area contributed by atoms with Gasteiger partial charge in [-0.2, -0.15) is 0 Å². The van der Waals surface area contributed by atoms with Crippen LogP contribution in [0.15, 0.2) is 18.2 Å². The third-order valence-electron chi connectivity index (χ3n) is 5.30. The molecule has 2 bridgehead atoms. The van der Waals surface area contributed by atoms with Gasteiger partial charge in [0.25, 0.3) is 5.91 Å². The minimum absolute atomic E-state index is 0.0186. The Morgan fingerprint density at radius 2 is 2.15 bits per heavy atom. The molecule has 4 unspecified atom stereocenters. The van der Waals surface area contributed by atoms with Gasteiger partial charge in [-0.1, -0.05) is 12.5 Å². The summed E-state index contributed by atoms with van der Waals surface area (Å²) in [4.78, 5) is 12.4. The summed E-state index contributed by atoms with van der Waals surface area (Å²) >= 11 is 0. The monoisotopic (exact) mass is 272 g/mol. The maximum atomic E-state index is 12.4. The smallest absolute Gasteiger partial charge is 0.251 e. The van der Waals surface area contributed by atoms with E-state index in [9.17, 15) is 4.79 Å². The number of nitrogens with two attached hydrogens (primary N) is 1. The normalized spacial score (nSPS) is 29.4. The summed E-state index contributed by atoms with van der Waals surface area (Å²) in [6.45, 7) is 4.11. The molecule has 3 N–H and O–H groups in total. The molecule has 0 aromatic heterocycles. The van der Waals surface area contributed by atoms with Crippen molar-refractivity contribution >= 4 is 11.6 Å². The van der Waals surface area contributed by atoms with Crippen LogP contribution in [0.25, 0.3) is 0 Å². The van der Waals surface area contributed by atoms with Crippen LogP contribution in [-0.2, 0) is 0 Å². The van der Waals surface area contributed by atoms with Gasteiger partial charge in [0.1, 0.15) is 0 Å². The minimum Gasteiger partial charge on any atom is -0.399 e. The molecule has 4 atom stereocenters. The Balaban J connectivity index is 1.68. The number of nitrogen functional groups attached to an aromatic ring is 1. The molecule has 0 radical (unpaired) electrons. The molecule has 3 rings (SSSR count). The zero-order chi connectivity index (χ0) is 14.3. The van der Waals surface area contributed by atoms with E-state index >= 15 is 0 Å². The van der Waals surface area contributed by atoms with Crippen molar-refractivity contribution in [2.75, 3.05) is 5.73 Å². The average molecular weight is 272 g/mol. The van der Waals surface area contributed by atoms with E-state index in [1.54, 1.807) is 6.07 Å². The van der Waals surface area contributed by atoms with Crippen molar-refractivity contribution in [2.45, 2.75) is 45.6 Å². The molecule has 3 heteroatoms. The Labute approximate surface area is 120 Å². The molecule has 2 fully saturated rings. The molecule has 1 aromatic rings. The summed E-state index contributed by atoms with van der Waals surface area (Å²) in [5.74, 6) is 2.43. The first kappa shape index (κ1) is 13.5. The van der Waals surface area contributed by atoms with Gasteiger partial charge < -0.3 is 11.1 Å². The zero-order valence-corrected chi connectivity index (χ0v) is 12.4. The molecule has 3 nitrogen and oxygen atoms in total. The second kappa shape index (κ2) is 5.12. The fourth-order valence-electron chi connectivity index (χ4n) is 4.18. The Morgan fingerprint density at radius 3 is 2.80 bits per heavy atom. The van der Waals surface area contributed by atoms with Gasteiger partial charge in [-0.05, 0) is 68.6 Å². The number of carbonyl (C=O) groups excluding carboxylic acids is 1. The number of rotatable bonds is 3. The van der Waals surface area contributed by atoms with Gasteiger partial charge in [-0.15, -0.1) is 0 Å². The topological polar surface area (TPSA) is 55.1 Å². The van der Waals surface area contributed by atoms with E-state index in [0.717, 1.165) is 17.4 Å². The first-order valence-corrected chi connectivity index (χ1v) is 7.71. The number of benzene rings is 1. The predicted molar refractivity (Wildman–Crippen MR) is 81.5 cm³/mol. The highest BCUT2D eigenvalue weighted by Crippen LogP contribution is 2.49. The van der Waals surface area contributed by atoms with Gasteiger partial charge in [0, 0.05) is 17.3 Å². The maximum Gasteiger partial charge on any atom is 0.251 e. The van der Waals surface area contributed by atoms with Gasteiger partial charge in [0.2, 0.25) is 0 Å². The third-order valence-corrected chi connectivity index (χ3v) is 5.30. The van der Waals surface area contributed by atoms with E-state index in [1.807, 2.05) is 19.1 Å². The summed E-state index contributed by atoms with van der Waals surface area (Å²) in [7, 11) is 0. The quantitative estimate of drug-likeness (QED) is 0.831.